The second kappa shape index (κ2) is 6.88. The zero-order chi connectivity index (χ0) is 15.4. The highest BCUT2D eigenvalue weighted by Gasteiger charge is 2.03. The van der Waals surface area contributed by atoms with Crippen LogP contribution in [0.2, 0.25) is 0 Å². The van der Waals surface area contributed by atoms with Gasteiger partial charge in [0.25, 0.3) is 0 Å². The first-order valence-electron chi connectivity index (χ1n) is 7.64. The quantitative estimate of drug-likeness (QED) is 0.610. The third-order valence-electron chi connectivity index (χ3n) is 3.47. The Labute approximate surface area is 135 Å². The standard InChI is InChI=1S/C18H21N3S/c1-3-10-22-12-14-5-7-15(8-6-14)19-18-20-16-9-4-13(2)11-17(16)21-18/h4-9,11H,3,10,12H2,1-2H3,(H2,19,20,21). The summed E-state index contributed by atoms with van der Waals surface area (Å²) in [5.74, 6) is 3.09. The maximum Gasteiger partial charge on any atom is 0.205 e. The highest BCUT2D eigenvalue weighted by Crippen LogP contribution is 2.21. The Kier molecular flexibility index (Phi) is 4.68. The number of aromatic nitrogens is 2. The molecule has 0 aliphatic carbocycles. The van der Waals surface area contributed by atoms with E-state index in [1.54, 1.807) is 0 Å². The lowest BCUT2D eigenvalue weighted by molar-refractivity contribution is 1.10. The van der Waals surface area contributed by atoms with E-state index in [9.17, 15) is 0 Å². The molecule has 0 unspecified atom stereocenters. The van der Waals surface area contributed by atoms with E-state index in [1.807, 2.05) is 17.8 Å². The SMILES string of the molecule is CCCSCc1ccc(Nc2nc3ccc(C)cc3[nH]2)cc1. The van der Waals surface area contributed by atoms with E-state index in [1.165, 1.54) is 23.3 Å². The predicted octanol–water partition coefficient (Wildman–Crippen LogP) is 5.26. The van der Waals surface area contributed by atoms with Crippen LogP contribution in [0.15, 0.2) is 42.5 Å². The van der Waals surface area contributed by atoms with Crippen LogP contribution >= 0.6 is 11.8 Å². The minimum Gasteiger partial charge on any atom is -0.326 e. The molecule has 3 nitrogen and oxygen atoms in total. The summed E-state index contributed by atoms with van der Waals surface area (Å²) in [6, 6.07) is 14.8. The molecule has 0 aliphatic heterocycles. The van der Waals surface area contributed by atoms with Crippen molar-refractivity contribution in [2.75, 3.05) is 11.1 Å². The highest BCUT2D eigenvalue weighted by atomic mass is 32.2. The number of H-pyrrole nitrogens is 1. The number of rotatable bonds is 6. The van der Waals surface area contributed by atoms with Gasteiger partial charge in [0.05, 0.1) is 11.0 Å². The molecule has 22 heavy (non-hydrogen) atoms. The van der Waals surface area contributed by atoms with Crippen molar-refractivity contribution in [3.8, 4) is 0 Å². The number of fused-ring (bicyclic) bond motifs is 1. The number of aryl methyl sites for hydroxylation is 1. The Morgan fingerprint density at radius 3 is 2.73 bits per heavy atom. The van der Waals surface area contributed by atoms with Crippen LogP contribution in [0.5, 0.6) is 0 Å². The fourth-order valence-corrected chi connectivity index (χ4v) is 3.20. The summed E-state index contributed by atoms with van der Waals surface area (Å²) in [5.41, 5.74) is 5.71. The summed E-state index contributed by atoms with van der Waals surface area (Å²) >= 11 is 1.98. The monoisotopic (exact) mass is 311 g/mol. The van der Waals surface area contributed by atoms with E-state index < -0.39 is 0 Å². The van der Waals surface area contributed by atoms with Crippen molar-refractivity contribution in [3.63, 3.8) is 0 Å². The van der Waals surface area contributed by atoms with Crippen molar-refractivity contribution in [1.29, 1.82) is 0 Å². The van der Waals surface area contributed by atoms with E-state index in [-0.39, 0.29) is 0 Å². The molecule has 0 bridgehead atoms. The van der Waals surface area contributed by atoms with Crippen molar-refractivity contribution in [1.82, 2.24) is 9.97 Å². The Balaban J connectivity index is 1.68. The molecule has 0 atom stereocenters. The van der Waals surface area contributed by atoms with Crippen molar-refractivity contribution >= 4 is 34.4 Å². The lowest BCUT2D eigenvalue weighted by atomic mass is 10.2. The van der Waals surface area contributed by atoms with Crippen LogP contribution in [0.4, 0.5) is 11.6 Å². The Morgan fingerprint density at radius 2 is 1.95 bits per heavy atom. The molecule has 2 aromatic carbocycles. The van der Waals surface area contributed by atoms with Gasteiger partial charge in [-0.1, -0.05) is 25.1 Å². The van der Waals surface area contributed by atoms with Crippen LogP contribution in [0.25, 0.3) is 11.0 Å². The van der Waals surface area contributed by atoms with Gasteiger partial charge in [0.2, 0.25) is 5.95 Å². The van der Waals surface area contributed by atoms with Gasteiger partial charge >= 0.3 is 0 Å². The van der Waals surface area contributed by atoms with Crippen LogP contribution in [0, 0.1) is 6.92 Å². The van der Waals surface area contributed by atoms with E-state index >= 15 is 0 Å². The smallest absolute Gasteiger partial charge is 0.205 e. The molecule has 3 rings (SSSR count). The van der Waals surface area contributed by atoms with Crippen molar-refractivity contribution in [2.45, 2.75) is 26.0 Å². The van der Waals surface area contributed by atoms with Gasteiger partial charge in [-0.05, 0) is 54.5 Å². The largest absolute Gasteiger partial charge is 0.326 e. The van der Waals surface area contributed by atoms with Gasteiger partial charge in [-0.15, -0.1) is 0 Å². The van der Waals surface area contributed by atoms with Crippen LogP contribution in [0.1, 0.15) is 24.5 Å². The zero-order valence-electron chi connectivity index (χ0n) is 13.0. The van der Waals surface area contributed by atoms with Gasteiger partial charge in [0.15, 0.2) is 0 Å². The molecular weight excluding hydrogens is 290 g/mol. The summed E-state index contributed by atoms with van der Waals surface area (Å²) in [7, 11) is 0. The first-order chi connectivity index (χ1) is 10.7. The van der Waals surface area contributed by atoms with Gasteiger partial charge < -0.3 is 10.3 Å². The lowest BCUT2D eigenvalue weighted by Crippen LogP contribution is -1.92. The molecule has 0 saturated carbocycles. The molecule has 114 valence electrons. The average Bonchev–Trinajstić information content (AvgIpc) is 2.90. The maximum atomic E-state index is 4.56. The summed E-state index contributed by atoms with van der Waals surface area (Å²) in [4.78, 5) is 7.88. The molecule has 3 aromatic rings. The molecule has 0 fully saturated rings. The van der Waals surface area contributed by atoms with Gasteiger partial charge in [-0.3, -0.25) is 0 Å². The van der Waals surface area contributed by atoms with E-state index in [0.717, 1.165) is 28.4 Å². The second-order valence-electron chi connectivity index (χ2n) is 5.48. The third kappa shape index (κ3) is 3.63. The van der Waals surface area contributed by atoms with Crippen LogP contribution in [0.3, 0.4) is 0 Å². The minimum absolute atomic E-state index is 0.786. The first-order valence-corrected chi connectivity index (χ1v) is 8.80. The lowest BCUT2D eigenvalue weighted by Gasteiger charge is -2.05. The zero-order valence-corrected chi connectivity index (χ0v) is 13.8. The van der Waals surface area contributed by atoms with Crippen LogP contribution < -0.4 is 5.32 Å². The molecule has 1 heterocycles. The van der Waals surface area contributed by atoms with Crippen molar-refractivity contribution in [3.05, 3.63) is 53.6 Å². The number of nitrogens with zero attached hydrogens (tertiary/aromatic N) is 1. The van der Waals surface area contributed by atoms with Gasteiger partial charge in [-0.25, -0.2) is 4.98 Å². The molecule has 0 spiro atoms. The Bertz CT molecular complexity index is 747. The minimum atomic E-state index is 0.786. The number of benzene rings is 2. The fourth-order valence-electron chi connectivity index (χ4n) is 2.34. The molecule has 0 aliphatic rings. The molecule has 1 aromatic heterocycles. The van der Waals surface area contributed by atoms with Crippen molar-refractivity contribution < 1.29 is 0 Å². The number of imidazole rings is 1. The van der Waals surface area contributed by atoms with Gasteiger partial charge in [0, 0.05) is 11.4 Å². The van der Waals surface area contributed by atoms with E-state index in [2.05, 4.69) is 65.5 Å². The first kappa shape index (κ1) is 15.0. The summed E-state index contributed by atoms with van der Waals surface area (Å²) in [5, 5.41) is 3.33. The molecule has 2 N–H and O–H groups in total. The van der Waals surface area contributed by atoms with Crippen LogP contribution in [-0.4, -0.2) is 15.7 Å². The van der Waals surface area contributed by atoms with Gasteiger partial charge in [-0.2, -0.15) is 11.8 Å². The third-order valence-corrected chi connectivity index (χ3v) is 4.71. The molecular formula is C18H21N3S. The van der Waals surface area contributed by atoms with Crippen molar-refractivity contribution in [2.24, 2.45) is 0 Å². The van der Waals surface area contributed by atoms with Gasteiger partial charge in [0.1, 0.15) is 0 Å². The Hall–Kier alpha value is -1.94. The van der Waals surface area contributed by atoms with Crippen LogP contribution in [-0.2, 0) is 5.75 Å². The number of hydrogen-bond acceptors (Lipinski definition) is 3. The number of aromatic amines is 1. The normalized spacial score (nSPS) is 11.0. The molecule has 0 radical (unpaired) electrons. The number of thioether (sulfide) groups is 1. The average molecular weight is 311 g/mol. The highest BCUT2D eigenvalue weighted by molar-refractivity contribution is 7.98. The summed E-state index contributed by atoms with van der Waals surface area (Å²) in [6.45, 7) is 4.30. The topological polar surface area (TPSA) is 40.7 Å². The number of nitrogens with one attached hydrogen (secondary N) is 2. The fraction of sp³-hybridized carbons (Fsp3) is 0.278. The van der Waals surface area contributed by atoms with E-state index in [0.29, 0.717) is 0 Å². The summed E-state index contributed by atoms with van der Waals surface area (Å²) in [6.07, 6.45) is 1.23. The second-order valence-corrected chi connectivity index (χ2v) is 6.59. The molecule has 0 saturated heterocycles. The number of anilines is 2. The number of hydrogen-bond donors (Lipinski definition) is 2. The Morgan fingerprint density at radius 1 is 1.14 bits per heavy atom. The molecule has 0 amide bonds. The van der Waals surface area contributed by atoms with E-state index in [4.69, 9.17) is 0 Å². The molecule has 4 heteroatoms. The predicted molar refractivity (Wildman–Crippen MR) is 97.0 cm³/mol. The summed E-state index contributed by atoms with van der Waals surface area (Å²) < 4.78 is 0. The maximum absolute atomic E-state index is 4.56.